The zero-order valence-corrected chi connectivity index (χ0v) is 19.1. The summed E-state index contributed by atoms with van der Waals surface area (Å²) >= 11 is 6.29. The summed E-state index contributed by atoms with van der Waals surface area (Å²) < 4.78 is 44.7. The van der Waals surface area contributed by atoms with E-state index in [4.69, 9.17) is 25.8 Å². The number of benzene rings is 2. The highest BCUT2D eigenvalue weighted by atomic mass is 35.5. The molecule has 1 fully saturated rings. The number of anilines is 1. The van der Waals surface area contributed by atoms with E-state index in [1.165, 1.54) is 26.4 Å². The van der Waals surface area contributed by atoms with Crippen LogP contribution in [0.5, 0.6) is 17.2 Å². The van der Waals surface area contributed by atoms with E-state index in [9.17, 15) is 8.42 Å². The second-order valence-electron chi connectivity index (χ2n) is 7.38. The van der Waals surface area contributed by atoms with Crippen molar-refractivity contribution in [2.24, 2.45) is 0 Å². The second-order valence-corrected chi connectivity index (χ2v) is 9.47. The summed E-state index contributed by atoms with van der Waals surface area (Å²) in [5, 5.41) is 0.437. The fourth-order valence-electron chi connectivity index (χ4n) is 3.35. The van der Waals surface area contributed by atoms with Crippen molar-refractivity contribution >= 4 is 27.3 Å². The van der Waals surface area contributed by atoms with E-state index in [0.717, 1.165) is 19.5 Å². The summed E-state index contributed by atoms with van der Waals surface area (Å²) in [5.41, 5.74) is 0.364. The van der Waals surface area contributed by atoms with E-state index >= 15 is 0 Å². The normalized spacial score (nSPS) is 17.2. The van der Waals surface area contributed by atoms with Crippen LogP contribution in [0.3, 0.4) is 0 Å². The van der Waals surface area contributed by atoms with Crippen molar-refractivity contribution in [3.63, 3.8) is 0 Å². The van der Waals surface area contributed by atoms with Gasteiger partial charge in [0.1, 0.15) is 11.9 Å². The van der Waals surface area contributed by atoms with Gasteiger partial charge in [-0.2, -0.15) is 0 Å². The third-order valence-corrected chi connectivity index (χ3v) is 6.74. The summed E-state index contributed by atoms with van der Waals surface area (Å²) in [6.45, 7) is 6.08. The van der Waals surface area contributed by atoms with E-state index in [1.54, 1.807) is 24.3 Å². The Bertz CT molecular complexity index is 997. The second kappa shape index (κ2) is 9.32. The number of nitrogens with zero attached hydrogens (tertiary/aromatic N) is 1. The van der Waals surface area contributed by atoms with Gasteiger partial charge in [-0.25, -0.2) is 8.42 Å². The van der Waals surface area contributed by atoms with E-state index in [1.807, 2.05) is 0 Å². The molecule has 1 atom stereocenters. The van der Waals surface area contributed by atoms with Gasteiger partial charge in [0.2, 0.25) is 0 Å². The van der Waals surface area contributed by atoms with E-state index in [-0.39, 0.29) is 11.0 Å². The van der Waals surface area contributed by atoms with Crippen LogP contribution in [0.4, 0.5) is 5.69 Å². The average molecular weight is 455 g/mol. The molecule has 0 unspecified atom stereocenters. The molecule has 164 valence electrons. The van der Waals surface area contributed by atoms with Crippen molar-refractivity contribution in [1.29, 1.82) is 0 Å². The molecule has 9 heteroatoms. The van der Waals surface area contributed by atoms with Crippen LogP contribution in [0.2, 0.25) is 5.02 Å². The Morgan fingerprint density at radius 1 is 1.07 bits per heavy atom. The van der Waals surface area contributed by atoms with Crippen molar-refractivity contribution in [3.05, 3.63) is 41.4 Å². The first-order valence-corrected chi connectivity index (χ1v) is 11.5. The Morgan fingerprint density at radius 2 is 1.80 bits per heavy atom. The maximum absolute atomic E-state index is 12.8. The standard InChI is InChI=1S/C21H27ClN2O5S/c1-14(2)24-10-9-16(13-24)29-20-11-15(5-7-18(20)22)23-30(25,26)17-6-8-19(27-3)21(12-17)28-4/h5-8,11-12,14,16,23H,9-10,13H2,1-4H3/t16-/m1/s1. The summed E-state index contributed by atoms with van der Waals surface area (Å²) in [6, 6.07) is 9.70. The highest BCUT2D eigenvalue weighted by molar-refractivity contribution is 7.92. The van der Waals surface area contributed by atoms with Crippen LogP contribution >= 0.6 is 11.6 Å². The lowest BCUT2D eigenvalue weighted by Gasteiger charge is -2.21. The van der Waals surface area contributed by atoms with Gasteiger partial charge < -0.3 is 14.2 Å². The van der Waals surface area contributed by atoms with Gasteiger partial charge >= 0.3 is 0 Å². The molecule has 0 saturated carbocycles. The summed E-state index contributed by atoms with van der Waals surface area (Å²) in [5.74, 6) is 1.24. The van der Waals surface area contributed by atoms with E-state index in [0.29, 0.717) is 34.0 Å². The average Bonchev–Trinajstić information content (AvgIpc) is 3.18. The Hall–Kier alpha value is -2.16. The van der Waals surface area contributed by atoms with Crippen LogP contribution in [0.25, 0.3) is 0 Å². The van der Waals surface area contributed by atoms with E-state index < -0.39 is 10.0 Å². The number of rotatable bonds is 8. The van der Waals surface area contributed by atoms with Gasteiger partial charge in [0.05, 0.1) is 29.8 Å². The van der Waals surface area contributed by atoms with Crippen molar-refractivity contribution < 1.29 is 22.6 Å². The SMILES string of the molecule is COc1ccc(S(=O)(=O)Nc2ccc(Cl)c(O[C@@H]3CCN(C(C)C)C3)c2)cc1OC. The molecule has 3 rings (SSSR count). The van der Waals surface area contributed by atoms with Gasteiger partial charge in [0, 0.05) is 31.3 Å². The van der Waals surface area contributed by atoms with Crippen molar-refractivity contribution in [1.82, 2.24) is 4.90 Å². The van der Waals surface area contributed by atoms with Crippen molar-refractivity contribution in [2.75, 3.05) is 32.0 Å². The van der Waals surface area contributed by atoms with Gasteiger partial charge in [-0.3, -0.25) is 9.62 Å². The van der Waals surface area contributed by atoms with Crippen LogP contribution in [0, 0.1) is 0 Å². The molecule has 0 bridgehead atoms. The molecule has 30 heavy (non-hydrogen) atoms. The maximum Gasteiger partial charge on any atom is 0.262 e. The smallest absolute Gasteiger partial charge is 0.262 e. The Labute approximate surface area is 182 Å². The highest BCUT2D eigenvalue weighted by Gasteiger charge is 2.26. The Kier molecular flexibility index (Phi) is 7.00. The molecule has 1 aliphatic rings. The van der Waals surface area contributed by atoms with Gasteiger partial charge in [0.15, 0.2) is 11.5 Å². The number of halogens is 1. The molecule has 1 N–H and O–H groups in total. The summed E-state index contributed by atoms with van der Waals surface area (Å²) in [6.07, 6.45) is 0.915. The number of methoxy groups -OCH3 is 2. The predicted octanol–water partition coefficient (Wildman–Crippen LogP) is 4.02. The first kappa shape index (κ1) is 22.5. The maximum atomic E-state index is 12.8. The molecule has 1 aliphatic heterocycles. The lowest BCUT2D eigenvalue weighted by atomic mass is 10.3. The molecule has 0 radical (unpaired) electrons. The molecular formula is C21H27ClN2O5S. The number of sulfonamides is 1. The highest BCUT2D eigenvalue weighted by Crippen LogP contribution is 2.33. The van der Waals surface area contributed by atoms with Crippen LogP contribution in [0.15, 0.2) is 41.3 Å². The Morgan fingerprint density at radius 3 is 2.43 bits per heavy atom. The van der Waals surface area contributed by atoms with Crippen LogP contribution in [0.1, 0.15) is 20.3 Å². The molecule has 0 spiro atoms. The monoisotopic (exact) mass is 454 g/mol. The number of nitrogens with one attached hydrogen (secondary N) is 1. The molecule has 1 saturated heterocycles. The first-order valence-electron chi connectivity index (χ1n) is 9.68. The third-order valence-electron chi connectivity index (χ3n) is 5.05. The lowest BCUT2D eigenvalue weighted by Crippen LogP contribution is -2.30. The molecular weight excluding hydrogens is 428 g/mol. The largest absolute Gasteiger partial charge is 0.493 e. The zero-order chi connectivity index (χ0) is 21.9. The van der Waals surface area contributed by atoms with Crippen molar-refractivity contribution in [3.8, 4) is 17.2 Å². The summed E-state index contributed by atoms with van der Waals surface area (Å²) in [7, 11) is -0.898. The van der Waals surface area contributed by atoms with Gasteiger partial charge in [-0.05, 0) is 44.5 Å². The molecule has 2 aromatic carbocycles. The zero-order valence-electron chi connectivity index (χ0n) is 17.5. The minimum Gasteiger partial charge on any atom is -0.493 e. The molecule has 0 aliphatic carbocycles. The van der Waals surface area contributed by atoms with Gasteiger partial charge in [0.25, 0.3) is 10.0 Å². The number of ether oxygens (including phenoxy) is 3. The van der Waals surface area contributed by atoms with E-state index in [2.05, 4.69) is 23.5 Å². The van der Waals surface area contributed by atoms with Crippen LogP contribution in [-0.2, 0) is 10.0 Å². The fraction of sp³-hybridized carbons (Fsp3) is 0.429. The third kappa shape index (κ3) is 5.11. The lowest BCUT2D eigenvalue weighted by molar-refractivity contribution is 0.187. The Balaban J connectivity index is 1.77. The molecule has 1 heterocycles. The number of hydrogen-bond donors (Lipinski definition) is 1. The minimum absolute atomic E-state index is 0.0163. The summed E-state index contributed by atoms with van der Waals surface area (Å²) in [4.78, 5) is 2.39. The number of likely N-dealkylation sites (tertiary alicyclic amines) is 1. The number of hydrogen-bond acceptors (Lipinski definition) is 6. The first-order chi connectivity index (χ1) is 14.2. The molecule has 0 amide bonds. The molecule has 0 aromatic heterocycles. The minimum atomic E-state index is -3.84. The quantitative estimate of drug-likeness (QED) is 0.649. The van der Waals surface area contributed by atoms with Gasteiger partial charge in [-0.15, -0.1) is 0 Å². The molecule has 2 aromatic rings. The van der Waals surface area contributed by atoms with Crippen molar-refractivity contribution in [2.45, 2.75) is 37.3 Å². The fourth-order valence-corrected chi connectivity index (χ4v) is 4.58. The van der Waals surface area contributed by atoms with Crippen LogP contribution < -0.4 is 18.9 Å². The topological polar surface area (TPSA) is 77.1 Å². The predicted molar refractivity (Wildman–Crippen MR) is 118 cm³/mol. The van der Waals surface area contributed by atoms with Crippen LogP contribution in [-0.4, -0.2) is 52.8 Å². The molecule has 7 nitrogen and oxygen atoms in total. The van der Waals surface area contributed by atoms with Gasteiger partial charge in [-0.1, -0.05) is 11.6 Å².